The van der Waals surface area contributed by atoms with Gasteiger partial charge in [-0.2, -0.15) is 0 Å². The molecular weight excluding hydrogens is 214 g/mol. The molecule has 0 spiro atoms. The molecule has 98 valence electrons. The molecule has 0 bridgehead atoms. The monoisotopic (exact) mass is 239 g/mol. The summed E-state index contributed by atoms with van der Waals surface area (Å²) in [5.41, 5.74) is 0. The van der Waals surface area contributed by atoms with E-state index in [0.717, 1.165) is 32.4 Å². The third-order valence-corrected chi connectivity index (χ3v) is 4.55. The fourth-order valence-corrected chi connectivity index (χ4v) is 3.43. The molecule has 2 fully saturated rings. The van der Waals surface area contributed by atoms with Gasteiger partial charge in [0.2, 0.25) is 5.91 Å². The number of piperidine rings is 1. The Hall–Kier alpha value is -0.570. The highest BCUT2D eigenvalue weighted by Crippen LogP contribution is 2.33. The fourth-order valence-electron chi connectivity index (χ4n) is 3.43. The van der Waals surface area contributed by atoms with E-state index in [-0.39, 0.29) is 12.5 Å². The Labute approximate surface area is 104 Å². The lowest BCUT2D eigenvalue weighted by atomic mass is 9.91. The third-order valence-electron chi connectivity index (χ3n) is 4.55. The molecule has 2 aliphatic rings. The van der Waals surface area contributed by atoms with Crippen molar-refractivity contribution in [2.24, 2.45) is 17.8 Å². The predicted molar refractivity (Wildman–Crippen MR) is 67.5 cm³/mol. The van der Waals surface area contributed by atoms with Crippen molar-refractivity contribution in [2.45, 2.75) is 45.4 Å². The number of aliphatic hydroxyl groups excluding tert-OH is 1. The molecule has 0 aromatic rings. The summed E-state index contributed by atoms with van der Waals surface area (Å²) in [5, 5.41) is 8.99. The number of aliphatic hydroxyl groups is 1. The largest absolute Gasteiger partial charge is 0.396 e. The second-order valence-corrected chi connectivity index (χ2v) is 5.82. The van der Waals surface area contributed by atoms with Crippen LogP contribution in [0.25, 0.3) is 0 Å². The Morgan fingerprint density at radius 2 is 2.12 bits per heavy atom. The number of carbonyl (C=O) groups is 1. The Bertz CT molecular complexity index is 265. The highest BCUT2D eigenvalue weighted by molar-refractivity contribution is 5.79. The topological polar surface area (TPSA) is 40.5 Å². The molecule has 1 amide bonds. The zero-order valence-electron chi connectivity index (χ0n) is 10.9. The molecule has 2 rings (SSSR count). The van der Waals surface area contributed by atoms with Gasteiger partial charge in [0, 0.05) is 25.6 Å². The van der Waals surface area contributed by atoms with Crippen LogP contribution in [0.1, 0.15) is 45.4 Å². The van der Waals surface area contributed by atoms with Gasteiger partial charge < -0.3 is 10.0 Å². The molecule has 3 heteroatoms. The van der Waals surface area contributed by atoms with E-state index in [1.165, 1.54) is 19.3 Å². The molecule has 3 atom stereocenters. The van der Waals surface area contributed by atoms with Crippen molar-refractivity contribution in [2.75, 3.05) is 19.7 Å². The maximum Gasteiger partial charge on any atom is 0.225 e. The van der Waals surface area contributed by atoms with Crippen LogP contribution in [-0.2, 0) is 4.79 Å². The summed E-state index contributed by atoms with van der Waals surface area (Å²) in [6.07, 6.45) is 6.64. The Kier molecular flexibility index (Phi) is 4.43. The molecule has 17 heavy (non-hydrogen) atoms. The first-order valence-corrected chi connectivity index (χ1v) is 7.12. The number of likely N-dealkylation sites (tertiary alicyclic amines) is 1. The van der Waals surface area contributed by atoms with Gasteiger partial charge >= 0.3 is 0 Å². The van der Waals surface area contributed by atoms with Crippen LogP contribution >= 0.6 is 0 Å². The molecule has 0 radical (unpaired) electrons. The minimum Gasteiger partial charge on any atom is -0.396 e. The highest BCUT2D eigenvalue weighted by atomic mass is 16.3. The Morgan fingerprint density at radius 3 is 2.76 bits per heavy atom. The molecular formula is C14H25NO2. The smallest absolute Gasteiger partial charge is 0.225 e. The minimum absolute atomic E-state index is 0.256. The molecule has 1 aliphatic carbocycles. The predicted octanol–water partition coefficient (Wildman–Crippen LogP) is 2.04. The summed E-state index contributed by atoms with van der Waals surface area (Å²) in [5.74, 6) is 1.76. The Morgan fingerprint density at radius 1 is 1.29 bits per heavy atom. The molecule has 0 aromatic carbocycles. The van der Waals surface area contributed by atoms with Gasteiger partial charge in [0.05, 0.1) is 0 Å². The molecule has 3 nitrogen and oxygen atoms in total. The maximum absolute atomic E-state index is 12.4. The van der Waals surface area contributed by atoms with E-state index < -0.39 is 0 Å². The number of carbonyl (C=O) groups excluding carboxylic acids is 1. The van der Waals surface area contributed by atoms with Gasteiger partial charge in [-0.1, -0.05) is 13.3 Å². The van der Waals surface area contributed by atoms with Crippen LogP contribution in [0.15, 0.2) is 0 Å². The molecule has 1 saturated carbocycles. The number of nitrogens with zero attached hydrogens (tertiary/aromatic N) is 1. The first-order chi connectivity index (χ1) is 8.22. The van der Waals surface area contributed by atoms with E-state index in [1.54, 1.807) is 0 Å². The van der Waals surface area contributed by atoms with Gasteiger partial charge in [-0.05, 0) is 43.9 Å². The van der Waals surface area contributed by atoms with Gasteiger partial charge in [-0.25, -0.2) is 0 Å². The van der Waals surface area contributed by atoms with Crippen molar-refractivity contribution >= 4 is 5.91 Å². The highest BCUT2D eigenvalue weighted by Gasteiger charge is 2.34. The summed E-state index contributed by atoms with van der Waals surface area (Å²) in [7, 11) is 0. The lowest BCUT2D eigenvalue weighted by Crippen LogP contribution is -2.43. The van der Waals surface area contributed by atoms with Crippen molar-refractivity contribution in [1.82, 2.24) is 4.90 Å². The van der Waals surface area contributed by atoms with Crippen molar-refractivity contribution in [1.29, 1.82) is 0 Å². The molecule has 0 aromatic heterocycles. The van der Waals surface area contributed by atoms with Crippen LogP contribution < -0.4 is 0 Å². The van der Waals surface area contributed by atoms with Crippen LogP contribution in [0.3, 0.4) is 0 Å². The van der Waals surface area contributed by atoms with Crippen molar-refractivity contribution in [3.8, 4) is 0 Å². The zero-order valence-corrected chi connectivity index (χ0v) is 10.9. The fraction of sp³-hybridized carbons (Fsp3) is 0.929. The van der Waals surface area contributed by atoms with Crippen molar-refractivity contribution in [3.05, 3.63) is 0 Å². The van der Waals surface area contributed by atoms with Gasteiger partial charge in [-0.15, -0.1) is 0 Å². The van der Waals surface area contributed by atoms with Crippen molar-refractivity contribution in [3.63, 3.8) is 0 Å². The quantitative estimate of drug-likeness (QED) is 0.819. The van der Waals surface area contributed by atoms with E-state index in [0.29, 0.717) is 17.7 Å². The van der Waals surface area contributed by atoms with E-state index in [2.05, 4.69) is 11.8 Å². The number of hydrogen-bond acceptors (Lipinski definition) is 2. The molecule has 1 heterocycles. The van der Waals surface area contributed by atoms with Gasteiger partial charge in [0.25, 0.3) is 0 Å². The number of rotatable bonds is 3. The third kappa shape index (κ3) is 3.01. The van der Waals surface area contributed by atoms with Crippen molar-refractivity contribution < 1.29 is 9.90 Å². The van der Waals surface area contributed by atoms with Crippen LogP contribution in [-0.4, -0.2) is 35.6 Å². The average molecular weight is 239 g/mol. The first kappa shape index (κ1) is 12.9. The molecule has 3 unspecified atom stereocenters. The lowest BCUT2D eigenvalue weighted by Gasteiger charge is -2.35. The number of hydrogen-bond donors (Lipinski definition) is 1. The summed E-state index contributed by atoms with van der Waals surface area (Å²) in [4.78, 5) is 14.5. The summed E-state index contributed by atoms with van der Waals surface area (Å²) in [6, 6.07) is 0. The maximum atomic E-state index is 12.4. The van der Waals surface area contributed by atoms with Crippen LogP contribution in [0.4, 0.5) is 0 Å². The van der Waals surface area contributed by atoms with E-state index in [9.17, 15) is 4.79 Å². The summed E-state index contributed by atoms with van der Waals surface area (Å²) < 4.78 is 0. The number of amides is 1. The molecule has 1 saturated heterocycles. The van der Waals surface area contributed by atoms with E-state index >= 15 is 0 Å². The zero-order chi connectivity index (χ0) is 12.3. The summed E-state index contributed by atoms with van der Waals surface area (Å²) >= 11 is 0. The molecule has 1 aliphatic heterocycles. The second-order valence-electron chi connectivity index (χ2n) is 5.82. The van der Waals surface area contributed by atoms with Gasteiger partial charge in [0.15, 0.2) is 0 Å². The second kappa shape index (κ2) is 5.85. The first-order valence-electron chi connectivity index (χ1n) is 7.12. The SMILES string of the molecule is CC1CCCC1C(=O)N1CCCC(CCO)C1. The minimum atomic E-state index is 0.256. The van der Waals surface area contributed by atoms with E-state index in [1.807, 2.05) is 0 Å². The summed E-state index contributed by atoms with van der Waals surface area (Å²) in [6.45, 7) is 4.28. The molecule has 1 N–H and O–H groups in total. The van der Waals surface area contributed by atoms with Crippen LogP contribution in [0.5, 0.6) is 0 Å². The van der Waals surface area contributed by atoms with Crippen LogP contribution in [0.2, 0.25) is 0 Å². The van der Waals surface area contributed by atoms with Crippen LogP contribution in [0, 0.1) is 17.8 Å². The van der Waals surface area contributed by atoms with E-state index in [4.69, 9.17) is 5.11 Å². The Balaban J connectivity index is 1.90. The standard InChI is InChI=1S/C14H25NO2/c1-11-4-2-6-13(11)14(17)15-8-3-5-12(10-15)7-9-16/h11-13,16H,2-10H2,1H3. The average Bonchev–Trinajstić information content (AvgIpc) is 2.75. The van der Waals surface area contributed by atoms with Gasteiger partial charge in [-0.3, -0.25) is 4.79 Å². The lowest BCUT2D eigenvalue weighted by molar-refractivity contribution is -0.138. The van der Waals surface area contributed by atoms with Gasteiger partial charge in [0.1, 0.15) is 0 Å². The normalized spacial score (nSPS) is 34.0.